The van der Waals surface area contributed by atoms with Crippen LogP contribution in [0.5, 0.6) is 0 Å². The van der Waals surface area contributed by atoms with Gasteiger partial charge in [-0.2, -0.15) is 26.3 Å². The molecule has 0 fully saturated rings. The predicted molar refractivity (Wildman–Crippen MR) is 111 cm³/mol. The molecule has 0 saturated heterocycles. The van der Waals surface area contributed by atoms with Crippen molar-refractivity contribution in [3.8, 4) is 11.1 Å². The van der Waals surface area contributed by atoms with E-state index in [9.17, 15) is 35.9 Å². The van der Waals surface area contributed by atoms with Crippen LogP contribution in [0.2, 0.25) is 0 Å². The molecule has 1 aliphatic carbocycles. The normalized spacial score (nSPS) is 14.3. The molecule has 4 rings (SSSR count). The number of nitrogens with one attached hydrogen (secondary N) is 1. The average Bonchev–Trinajstić information content (AvgIpc) is 3.10. The van der Waals surface area contributed by atoms with E-state index in [0.29, 0.717) is 23.3 Å². The van der Waals surface area contributed by atoms with Crippen molar-refractivity contribution in [2.75, 3.05) is 0 Å². The quantitative estimate of drug-likeness (QED) is 0.511. The molecular formula is C24H16F6N2O2. The Kier molecular flexibility index (Phi) is 5.63. The predicted octanol–water partition coefficient (Wildman–Crippen LogP) is 5.12. The maximum absolute atomic E-state index is 13.2. The van der Waals surface area contributed by atoms with Gasteiger partial charge in [-0.3, -0.25) is 9.59 Å². The van der Waals surface area contributed by atoms with E-state index in [0.717, 1.165) is 11.1 Å². The van der Waals surface area contributed by atoms with Crippen molar-refractivity contribution in [3.05, 3.63) is 94.5 Å². The first-order valence-corrected chi connectivity index (χ1v) is 9.96. The molecule has 0 unspecified atom stereocenters. The van der Waals surface area contributed by atoms with E-state index in [-0.39, 0.29) is 6.07 Å². The zero-order valence-electron chi connectivity index (χ0n) is 17.2. The minimum atomic E-state index is -5.12. The lowest BCUT2D eigenvalue weighted by Gasteiger charge is -2.24. The molecule has 34 heavy (non-hydrogen) atoms. The van der Waals surface area contributed by atoms with Crippen LogP contribution in [0.4, 0.5) is 26.3 Å². The van der Waals surface area contributed by atoms with Gasteiger partial charge < -0.3 is 11.1 Å². The Labute approximate surface area is 189 Å². The number of fused-ring (bicyclic) bond motifs is 3. The summed E-state index contributed by atoms with van der Waals surface area (Å²) in [5, 5.41) is 2.27. The Hall–Kier alpha value is -3.82. The van der Waals surface area contributed by atoms with E-state index in [1.807, 2.05) is 0 Å². The first-order chi connectivity index (χ1) is 15.9. The van der Waals surface area contributed by atoms with Gasteiger partial charge in [-0.05, 0) is 40.5 Å². The third-order valence-electron chi connectivity index (χ3n) is 5.66. The zero-order valence-corrected chi connectivity index (χ0v) is 17.2. The molecule has 0 radical (unpaired) electrons. The van der Waals surface area contributed by atoms with Gasteiger partial charge in [0, 0.05) is 11.5 Å². The maximum atomic E-state index is 13.2. The van der Waals surface area contributed by atoms with Crippen LogP contribution in [0.25, 0.3) is 11.1 Å². The van der Waals surface area contributed by atoms with E-state index in [1.54, 1.807) is 48.5 Å². The lowest BCUT2D eigenvalue weighted by molar-refractivity contribution is -0.143. The molecule has 1 aliphatic rings. The molecule has 0 spiro atoms. The van der Waals surface area contributed by atoms with Crippen molar-refractivity contribution in [2.45, 2.75) is 24.3 Å². The minimum Gasteiger partial charge on any atom is -0.368 e. The Balaban J connectivity index is 1.76. The number of rotatable bonds is 4. The van der Waals surface area contributed by atoms with Crippen molar-refractivity contribution in [3.63, 3.8) is 0 Å². The van der Waals surface area contributed by atoms with E-state index in [4.69, 9.17) is 5.73 Å². The van der Waals surface area contributed by atoms with Crippen molar-refractivity contribution in [1.82, 2.24) is 5.32 Å². The first-order valence-electron chi connectivity index (χ1n) is 9.96. The zero-order chi connectivity index (χ0) is 24.8. The number of carbonyl (C=O) groups is 2. The Morgan fingerprint density at radius 2 is 1.21 bits per heavy atom. The van der Waals surface area contributed by atoms with Crippen LogP contribution in [0.15, 0.2) is 66.7 Å². The molecule has 10 heteroatoms. The fourth-order valence-electron chi connectivity index (χ4n) is 4.18. The van der Waals surface area contributed by atoms with Gasteiger partial charge in [-0.25, -0.2) is 0 Å². The van der Waals surface area contributed by atoms with Crippen LogP contribution in [0, 0.1) is 0 Å². The molecule has 3 aromatic carbocycles. The van der Waals surface area contributed by atoms with E-state index < -0.39 is 52.8 Å². The second-order valence-corrected chi connectivity index (χ2v) is 7.80. The van der Waals surface area contributed by atoms with Crippen LogP contribution >= 0.6 is 0 Å². The highest BCUT2D eigenvalue weighted by Crippen LogP contribution is 2.46. The SMILES string of the molecule is NC(=O)[C@@H](NC(=O)c1cc(C(F)(F)F)cc(C(F)(F)F)c1)C1c2ccccc2-c2ccccc21. The topological polar surface area (TPSA) is 72.2 Å². The summed E-state index contributed by atoms with van der Waals surface area (Å²) >= 11 is 0. The lowest BCUT2D eigenvalue weighted by Crippen LogP contribution is -2.48. The van der Waals surface area contributed by atoms with Gasteiger partial charge in [-0.1, -0.05) is 48.5 Å². The molecule has 0 bridgehead atoms. The van der Waals surface area contributed by atoms with Gasteiger partial charge in [-0.15, -0.1) is 0 Å². The van der Waals surface area contributed by atoms with E-state index in [1.165, 1.54) is 0 Å². The Bertz CT molecular complexity index is 1210. The number of halogens is 6. The van der Waals surface area contributed by atoms with Crippen LogP contribution in [-0.4, -0.2) is 17.9 Å². The highest BCUT2D eigenvalue weighted by Gasteiger charge is 2.40. The van der Waals surface area contributed by atoms with Crippen molar-refractivity contribution in [2.24, 2.45) is 5.73 Å². The van der Waals surface area contributed by atoms with Gasteiger partial charge in [0.1, 0.15) is 6.04 Å². The number of amides is 2. The summed E-state index contributed by atoms with van der Waals surface area (Å²) < 4.78 is 79.2. The second kappa shape index (κ2) is 8.19. The smallest absolute Gasteiger partial charge is 0.368 e. The minimum absolute atomic E-state index is 0.0776. The van der Waals surface area contributed by atoms with Crippen LogP contribution in [-0.2, 0) is 17.1 Å². The summed E-state index contributed by atoms with van der Waals surface area (Å²) in [4.78, 5) is 25.2. The molecule has 1 atom stereocenters. The number of hydrogen-bond acceptors (Lipinski definition) is 2. The molecule has 2 amide bonds. The number of primary amides is 1. The van der Waals surface area contributed by atoms with Crippen molar-refractivity contribution >= 4 is 11.8 Å². The molecular weight excluding hydrogens is 462 g/mol. The first kappa shape index (κ1) is 23.3. The Morgan fingerprint density at radius 1 is 0.765 bits per heavy atom. The lowest BCUT2D eigenvalue weighted by atomic mass is 9.88. The van der Waals surface area contributed by atoms with Crippen LogP contribution in [0.1, 0.15) is 38.5 Å². The molecule has 0 aromatic heterocycles. The highest BCUT2D eigenvalue weighted by atomic mass is 19.4. The summed E-state index contributed by atoms with van der Waals surface area (Å²) in [7, 11) is 0. The maximum Gasteiger partial charge on any atom is 0.416 e. The second-order valence-electron chi connectivity index (χ2n) is 7.80. The van der Waals surface area contributed by atoms with Crippen molar-refractivity contribution in [1.29, 1.82) is 0 Å². The third kappa shape index (κ3) is 4.23. The van der Waals surface area contributed by atoms with Gasteiger partial charge in [0.2, 0.25) is 5.91 Å². The molecule has 0 saturated carbocycles. The van der Waals surface area contributed by atoms with Gasteiger partial charge in [0.25, 0.3) is 5.91 Å². The fourth-order valence-corrected chi connectivity index (χ4v) is 4.18. The molecule has 3 N–H and O–H groups in total. The van der Waals surface area contributed by atoms with E-state index >= 15 is 0 Å². The largest absolute Gasteiger partial charge is 0.416 e. The molecule has 4 nitrogen and oxygen atoms in total. The average molecular weight is 478 g/mol. The standard InChI is InChI=1S/C24H16F6N2O2/c25-23(26,27)13-9-12(10-14(11-13)24(28,29)30)22(34)32-20(21(31)33)19-17-7-3-1-5-15(17)16-6-2-4-8-18(16)19/h1-11,19-20H,(H2,31,33)(H,32,34)/t20-/m0/s1. The summed E-state index contributed by atoms with van der Waals surface area (Å²) in [6.07, 6.45) is -10.2. The summed E-state index contributed by atoms with van der Waals surface area (Å²) in [5.41, 5.74) is 4.22. The van der Waals surface area contributed by atoms with Gasteiger partial charge >= 0.3 is 12.4 Å². The van der Waals surface area contributed by atoms with Gasteiger partial charge in [0.05, 0.1) is 11.1 Å². The summed E-state index contributed by atoms with van der Waals surface area (Å²) in [6.45, 7) is 0. The number of alkyl halides is 6. The number of carbonyl (C=O) groups excluding carboxylic acids is 2. The van der Waals surface area contributed by atoms with Crippen molar-refractivity contribution < 1.29 is 35.9 Å². The molecule has 176 valence electrons. The number of hydrogen-bond donors (Lipinski definition) is 2. The summed E-state index contributed by atoms with van der Waals surface area (Å²) in [6, 6.07) is 13.1. The fraction of sp³-hybridized carbons (Fsp3) is 0.167. The molecule has 0 heterocycles. The Morgan fingerprint density at radius 3 is 1.62 bits per heavy atom. The monoisotopic (exact) mass is 478 g/mol. The third-order valence-corrected chi connectivity index (χ3v) is 5.66. The highest BCUT2D eigenvalue weighted by molar-refractivity contribution is 5.99. The van der Waals surface area contributed by atoms with Gasteiger partial charge in [0.15, 0.2) is 0 Å². The molecule has 3 aromatic rings. The summed E-state index contributed by atoms with van der Waals surface area (Å²) in [5.74, 6) is -3.06. The van der Waals surface area contributed by atoms with Crippen LogP contribution in [0.3, 0.4) is 0 Å². The molecule has 0 aliphatic heterocycles. The van der Waals surface area contributed by atoms with Crippen LogP contribution < -0.4 is 11.1 Å². The van der Waals surface area contributed by atoms with E-state index in [2.05, 4.69) is 5.32 Å². The number of benzene rings is 3. The number of nitrogens with two attached hydrogens (primary N) is 1.